The molecule has 0 aliphatic heterocycles. The van der Waals surface area contributed by atoms with E-state index in [0.29, 0.717) is 0 Å². The lowest BCUT2D eigenvalue weighted by Gasteiger charge is -2.22. The van der Waals surface area contributed by atoms with Crippen molar-refractivity contribution in [2.45, 2.75) is 39.7 Å². The first-order valence-corrected chi connectivity index (χ1v) is 12.9. The molecule has 0 saturated carbocycles. The van der Waals surface area contributed by atoms with Crippen LogP contribution in [0.15, 0.2) is 18.2 Å². The van der Waals surface area contributed by atoms with Crippen molar-refractivity contribution in [3.05, 3.63) is 23.8 Å². The van der Waals surface area contributed by atoms with Gasteiger partial charge >= 0.3 is 0 Å². The van der Waals surface area contributed by atoms with E-state index in [1.807, 2.05) is 0 Å². The molecule has 0 unspecified atom stereocenters. The zero-order valence-corrected chi connectivity index (χ0v) is 13.4. The zero-order chi connectivity index (χ0) is 11.9. The minimum absolute atomic E-state index is 1.21. The van der Waals surface area contributed by atoms with E-state index >= 15 is 0 Å². The van der Waals surface area contributed by atoms with Crippen LogP contribution in [0.2, 0.25) is 32.7 Å². The molecule has 0 N–H and O–H groups in total. The number of benzene rings is 1. The lowest BCUT2D eigenvalue weighted by atomic mass is 10.2. The number of hydrogen-bond donors (Lipinski definition) is 0. The van der Waals surface area contributed by atoms with Crippen LogP contribution in [0.3, 0.4) is 0 Å². The van der Waals surface area contributed by atoms with Crippen molar-refractivity contribution in [2.75, 3.05) is 0 Å². The maximum absolute atomic E-state index is 6.51. The fourth-order valence-corrected chi connectivity index (χ4v) is 4.35. The average molecular weight is 257 g/mol. The molecule has 0 heterocycles. The van der Waals surface area contributed by atoms with Gasteiger partial charge in [-0.1, -0.05) is 61.7 Å². The summed E-state index contributed by atoms with van der Waals surface area (Å²) in [4.78, 5) is 0. The van der Waals surface area contributed by atoms with Crippen molar-refractivity contribution in [3.63, 3.8) is 0 Å². The van der Waals surface area contributed by atoms with Gasteiger partial charge in [0.2, 0.25) is 0 Å². The van der Waals surface area contributed by atoms with Gasteiger partial charge in [-0.25, -0.2) is 0 Å². The van der Waals surface area contributed by atoms with Gasteiger partial charge < -0.3 is 0 Å². The summed E-state index contributed by atoms with van der Waals surface area (Å²) in [7, 11) is -2.89. The van der Waals surface area contributed by atoms with Crippen LogP contribution < -0.4 is 10.4 Å². The van der Waals surface area contributed by atoms with Crippen LogP contribution in [-0.4, -0.2) is 15.5 Å². The SMILES string of the molecule is Cc1cc([Si](C)(C)C)cc([Si](C)(C)Cl)c1. The normalized spacial score (nSPS) is 13.0. The summed E-state index contributed by atoms with van der Waals surface area (Å²) in [5, 5.41) is 2.90. The van der Waals surface area contributed by atoms with Gasteiger partial charge in [0.05, 0.1) is 8.07 Å². The van der Waals surface area contributed by atoms with Crippen LogP contribution >= 0.6 is 11.1 Å². The highest BCUT2D eigenvalue weighted by molar-refractivity contribution is 7.26. The summed E-state index contributed by atoms with van der Waals surface area (Å²) in [6, 6.07) is 6.92. The van der Waals surface area contributed by atoms with E-state index in [9.17, 15) is 0 Å². The molecular weight excluding hydrogens is 236 g/mol. The lowest BCUT2D eigenvalue weighted by molar-refractivity contribution is 1.49. The highest BCUT2D eigenvalue weighted by atomic mass is 35.6. The summed E-state index contributed by atoms with van der Waals surface area (Å²) in [6.07, 6.45) is 0. The van der Waals surface area contributed by atoms with Crippen molar-refractivity contribution >= 4 is 36.9 Å². The third-order valence-electron chi connectivity index (χ3n) is 2.63. The highest BCUT2D eigenvalue weighted by Crippen LogP contribution is 2.11. The molecule has 0 atom stereocenters. The molecule has 0 amide bonds. The van der Waals surface area contributed by atoms with E-state index in [1.54, 1.807) is 0 Å². The molecular formula is C12H21ClSi2. The standard InChI is InChI=1S/C12H21ClSi2/c1-10-7-11(14(2,3)4)9-12(8-10)15(5,6)13/h7-9H,1-6H3. The summed E-state index contributed by atoms with van der Waals surface area (Å²) < 4.78 is 0. The average Bonchev–Trinajstić information content (AvgIpc) is 1.99. The predicted molar refractivity (Wildman–Crippen MR) is 77.1 cm³/mol. The molecule has 0 aliphatic rings. The zero-order valence-electron chi connectivity index (χ0n) is 10.6. The lowest BCUT2D eigenvalue weighted by Crippen LogP contribution is -2.44. The maximum Gasteiger partial charge on any atom is 0.180 e. The van der Waals surface area contributed by atoms with Crippen LogP contribution in [0.5, 0.6) is 0 Å². The van der Waals surface area contributed by atoms with Crippen molar-refractivity contribution < 1.29 is 0 Å². The summed E-state index contributed by atoms with van der Waals surface area (Å²) in [5.41, 5.74) is 1.35. The summed E-state index contributed by atoms with van der Waals surface area (Å²) in [6.45, 7) is 13.7. The molecule has 0 aliphatic carbocycles. The molecule has 0 spiro atoms. The van der Waals surface area contributed by atoms with Crippen LogP contribution in [-0.2, 0) is 0 Å². The molecule has 15 heavy (non-hydrogen) atoms. The Morgan fingerprint density at radius 3 is 1.73 bits per heavy atom. The van der Waals surface area contributed by atoms with E-state index in [4.69, 9.17) is 11.1 Å². The summed E-state index contributed by atoms with van der Waals surface area (Å²) in [5.74, 6) is 0. The molecule has 3 heteroatoms. The van der Waals surface area contributed by atoms with Gasteiger partial charge in [0.25, 0.3) is 0 Å². The Hall–Kier alpha value is -0.0562. The van der Waals surface area contributed by atoms with Gasteiger partial charge in [-0.05, 0) is 12.1 Å². The van der Waals surface area contributed by atoms with Gasteiger partial charge in [-0.3, -0.25) is 0 Å². The van der Waals surface area contributed by atoms with Crippen LogP contribution in [0, 0.1) is 6.92 Å². The second kappa shape index (κ2) is 4.07. The highest BCUT2D eigenvalue weighted by Gasteiger charge is 2.24. The number of halogens is 1. The van der Waals surface area contributed by atoms with Gasteiger partial charge in [0.15, 0.2) is 7.38 Å². The number of rotatable bonds is 2. The minimum Gasteiger partial charge on any atom is -0.162 e. The largest absolute Gasteiger partial charge is 0.180 e. The van der Waals surface area contributed by atoms with Gasteiger partial charge in [0, 0.05) is 0 Å². The van der Waals surface area contributed by atoms with Gasteiger partial charge in [-0.2, -0.15) is 11.1 Å². The van der Waals surface area contributed by atoms with Crippen LogP contribution in [0.1, 0.15) is 5.56 Å². The minimum atomic E-state index is -1.68. The van der Waals surface area contributed by atoms with E-state index in [1.165, 1.54) is 15.9 Å². The molecule has 0 saturated heterocycles. The Morgan fingerprint density at radius 2 is 1.33 bits per heavy atom. The molecule has 0 radical (unpaired) electrons. The molecule has 0 nitrogen and oxygen atoms in total. The first-order chi connectivity index (χ1) is 6.60. The molecule has 0 fully saturated rings. The van der Waals surface area contributed by atoms with Crippen molar-refractivity contribution in [1.29, 1.82) is 0 Å². The first-order valence-electron chi connectivity index (χ1n) is 5.42. The molecule has 1 aromatic carbocycles. The van der Waals surface area contributed by atoms with Crippen molar-refractivity contribution in [1.82, 2.24) is 0 Å². The predicted octanol–water partition coefficient (Wildman–Crippen LogP) is 3.19. The Balaban J connectivity index is 3.30. The maximum atomic E-state index is 6.51. The Kier molecular flexibility index (Phi) is 3.53. The van der Waals surface area contributed by atoms with Crippen LogP contribution in [0.4, 0.5) is 0 Å². The van der Waals surface area contributed by atoms with Gasteiger partial charge in [-0.15, -0.1) is 0 Å². The Labute approximate surface area is 100 Å². The van der Waals surface area contributed by atoms with Crippen molar-refractivity contribution in [3.8, 4) is 0 Å². The van der Waals surface area contributed by atoms with Crippen molar-refractivity contribution in [2.24, 2.45) is 0 Å². The van der Waals surface area contributed by atoms with Gasteiger partial charge in [0.1, 0.15) is 0 Å². The molecule has 0 bridgehead atoms. The van der Waals surface area contributed by atoms with E-state index in [2.05, 4.69) is 57.9 Å². The van der Waals surface area contributed by atoms with E-state index in [-0.39, 0.29) is 0 Å². The monoisotopic (exact) mass is 256 g/mol. The van der Waals surface area contributed by atoms with E-state index < -0.39 is 15.5 Å². The summed E-state index contributed by atoms with van der Waals surface area (Å²) >= 11 is 6.51. The second-order valence-electron chi connectivity index (χ2n) is 5.81. The smallest absolute Gasteiger partial charge is 0.162 e. The molecule has 1 rings (SSSR count). The molecule has 84 valence electrons. The fraction of sp³-hybridized carbons (Fsp3) is 0.500. The topological polar surface area (TPSA) is 0 Å². The number of aryl methyl sites for hydroxylation is 1. The Morgan fingerprint density at radius 1 is 0.867 bits per heavy atom. The fourth-order valence-electron chi connectivity index (χ4n) is 1.56. The van der Waals surface area contributed by atoms with E-state index in [0.717, 1.165) is 0 Å². The Bertz CT molecular complexity index is 327. The first kappa shape index (κ1) is 13.0. The number of hydrogen-bond acceptors (Lipinski definition) is 0. The quantitative estimate of drug-likeness (QED) is 0.563. The third kappa shape index (κ3) is 3.47. The molecule has 0 aromatic heterocycles. The second-order valence-corrected chi connectivity index (χ2v) is 17.2. The molecule has 1 aromatic rings. The third-order valence-corrected chi connectivity index (χ3v) is 6.97. The van der Waals surface area contributed by atoms with Crippen LogP contribution in [0.25, 0.3) is 0 Å².